The lowest BCUT2D eigenvalue weighted by Gasteiger charge is -2.27. The molecule has 0 saturated heterocycles. The molecule has 1 atom stereocenters. The fraction of sp³-hybridized carbons (Fsp3) is 0.250. The Morgan fingerprint density at radius 1 is 1.31 bits per heavy atom. The number of nitrogens with zero attached hydrogens (tertiary/aromatic N) is 1. The van der Waals surface area contributed by atoms with Gasteiger partial charge in [-0.15, -0.1) is 0 Å². The van der Waals surface area contributed by atoms with Gasteiger partial charge in [0.15, 0.2) is 0 Å². The maximum absolute atomic E-state index is 12.8. The second-order valence-corrected chi connectivity index (χ2v) is 6.88. The molecule has 0 unspecified atom stereocenters. The zero-order valence-corrected chi connectivity index (χ0v) is 17.3. The maximum atomic E-state index is 12.8. The van der Waals surface area contributed by atoms with Crippen LogP contribution in [0.25, 0.3) is 0 Å². The normalized spacial score (nSPS) is 16.0. The number of benzene rings is 1. The zero-order valence-electron chi connectivity index (χ0n) is 15.8. The summed E-state index contributed by atoms with van der Waals surface area (Å²) in [5.41, 5.74) is 6.53. The van der Waals surface area contributed by atoms with Crippen LogP contribution >= 0.6 is 23.2 Å². The Morgan fingerprint density at radius 2 is 1.97 bits per heavy atom. The second-order valence-electron chi connectivity index (χ2n) is 6.09. The van der Waals surface area contributed by atoms with Gasteiger partial charge in [-0.25, -0.2) is 9.59 Å². The van der Waals surface area contributed by atoms with E-state index in [-0.39, 0.29) is 51.6 Å². The van der Waals surface area contributed by atoms with E-state index in [1.54, 1.807) is 18.2 Å². The number of hydrogen-bond donors (Lipinski definition) is 1. The average molecular weight is 437 g/mol. The molecule has 0 radical (unpaired) electrons. The van der Waals surface area contributed by atoms with Crippen LogP contribution in [0, 0.1) is 11.3 Å². The highest BCUT2D eigenvalue weighted by Gasteiger charge is 2.37. The van der Waals surface area contributed by atoms with Crippen molar-refractivity contribution in [3.63, 3.8) is 0 Å². The first-order valence-corrected chi connectivity index (χ1v) is 9.16. The quantitative estimate of drug-likeness (QED) is 0.410. The van der Waals surface area contributed by atoms with E-state index >= 15 is 0 Å². The van der Waals surface area contributed by atoms with Crippen LogP contribution in [0.3, 0.4) is 0 Å². The molecule has 1 aromatic carbocycles. The molecular weight excluding hydrogens is 419 g/mol. The molecule has 7 nitrogen and oxygen atoms in total. The Balaban J connectivity index is 2.32. The molecule has 0 fully saturated rings. The van der Waals surface area contributed by atoms with E-state index in [0.29, 0.717) is 5.56 Å². The van der Waals surface area contributed by atoms with Crippen LogP contribution in [0.2, 0.25) is 10.0 Å². The molecule has 1 aliphatic heterocycles. The number of carbonyl (C=O) groups is 2. The van der Waals surface area contributed by atoms with Gasteiger partial charge in [-0.1, -0.05) is 41.9 Å². The molecule has 1 aromatic rings. The molecular formula is C20H18Cl2N2O5. The highest BCUT2D eigenvalue weighted by atomic mass is 35.5. The molecule has 1 aliphatic rings. The molecule has 152 valence electrons. The summed E-state index contributed by atoms with van der Waals surface area (Å²) in [7, 11) is 0. The lowest BCUT2D eigenvalue weighted by molar-refractivity contribution is -0.147. The first-order valence-electron chi connectivity index (χ1n) is 8.41. The van der Waals surface area contributed by atoms with Gasteiger partial charge in [-0.05, 0) is 25.5 Å². The van der Waals surface area contributed by atoms with Crippen molar-refractivity contribution in [2.75, 3.05) is 13.2 Å². The van der Waals surface area contributed by atoms with Crippen molar-refractivity contribution in [1.29, 1.82) is 5.26 Å². The molecule has 9 heteroatoms. The number of halogens is 2. The Morgan fingerprint density at radius 3 is 2.59 bits per heavy atom. The SMILES string of the molecule is C=C(C)C(=O)OCCOC(=O)C1=C(C)OC(N)=C(C#N)[C@@H]1c1cccc(Cl)c1Cl. The Labute approximate surface area is 177 Å². The van der Waals surface area contributed by atoms with Gasteiger partial charge in [-0.3, -0.25) is 0 Å². The Kier molecular flexibility index (Phi) is 7.32. The van der Waals surface area contributed by atoms with Crippen LogP contribution in [0.5, 0.6) is 0 Å². The Hall–Kier alpha value is -2.95. The second kappa shape index (κ2) is 9.50. The van der Waals surface area contributed by atoms with Crippen LogP contribution in [0.4, 0.5) is 0 Å². The highest BCUT2D eigenvalue weighted by molar-refractivity contribution is 6.42. The topological polar surface area (TPSA) is 112 Å². The van der Waals surface area contributed by atoms with E-state index in [2.05, 4.69) is 6.58 Å². The minimum atomic E-state index is -0.926. The Bertz CT molecular complexity index is 976. The minimum absolute atomic E-state index is 0.000395. The van der Waals surface area contributed by atoms with Crippen molar-refractivity contribution in [2.24, 2.45) is 5.73 Å². The van der Waals surface area contributed by atoms with Crippen molar-refractivity contribution in [2.45, 2.75) is 19.8 Å². The lowest BCUT2D eigenvalue weighted by Crippen LogP contribution is -2.26. The first-order chi connectivity index (χ1) is 13.7. The summed E-state index contributed by atoms with van der Waals surface area (Å²) in [6, 6.07) is 6.80. The molecule has 0 amide bonds. The van der Waals surface area contributed by atoms with Gasteiger partial charge in [0.2, 0.25) is 5.88 Å². The predicted octanol–water partition coefficient (Wildman–Crippen LogP) is 3.74. The van der Waals surface area contributed by atoms with Crippen molar-refractivity contribution < 1.29 is 23.8 Å². The molecule has 2 rings (SSSR count). The van der Waals surface area contributed by atoms with Crippen LogP contribution in [-0.4, -0.2) is 25.2 Å². The number of ether oxygens (including phenoxy) is 3. The summed E-state index contributed by atoms with van der Waals surface area (Å²) in [6.45, 7) is 6.12. The maximum Gasteiger partial charge on any atom is 0.338 e. The summed E-state index contributed by atoms with van der Waals surface area (Å²) < 4.78 is 15.5. The van der Waals surface area contributed by atoms with Gasteiger partial charge in [0.25, 0.3) is 0 Å². The summed E-state index contributed by atoms with van der Waals surface area (Å²) in [6.07, 6.45) is 0. The van der Waals surface area contributed by atoms with Gasteiger partial charge in [0, 0.05) is 5.57 Å². The average Bonchev–Trinajstić information content (AvgIpc) is 2.66. The molecule has 0 bridgehead atoms. The molecule has 0 saturated carbocycles. The fourth-order valence-electron chi connectivity index (χ4n) is 2.67. The summed E-state index contributed by atoms with van der Waals surface area (Å²) in [5.74, 6) is -2.27. The third-order valence-corrected chi connectivity index (χ3v) is 4.85. The number of nitriles is 1. The van der Waals surface area contributed by atoms with Crippen molar-refractivity contribution in [1.82, 2.24) is 0 Å². The van der Waals surface area contributed by atoms with Gasteiger partial charge < -0.3 is 19.9 Å². The first kappa shape index (κ1) is 22.3. The van der Waals surface area contributed by atoms with Crippen LogP contribution in [0.1, 0.15) is 25.3 Å². The monoisotopic (exact) mass is 436 g/mol. The van der Waals surface area contributed by atoms with E-state index in [4.69, 9.17) is 43.1 Å². The van der Waals surface area contributed by atoms with Crippen molar-refractivity contribution in [3.8, 4) is 6.07 Å². The molecule has 0 spiro atoms. The van der Waals surface area contributed by atoms with Crippen molar-refractivity contribution >= 4 is 35.1 Å². The smallest absolute Gasteiger partial charge is 0.338 e. The molecule has 29 heavy (non-hydrogen) atoms. The van der Waals surface area contributed by atoms with Gasteiger partial charge in [0.05, 0.1) is 21.5 Å². The van der Waals surface area contributed by atoms with Crippen LogP contribution in [0.15, 0.2) is 53.1 Å². The van der Waals surface area contributed by atoms with Gasteiger partial charge >= 0.3 is 11.9 Å². The minimum Gasteiger partial charge on any atom is -0.459 e. The number of carbonyl (C=O) groups excluding carboxylic acids is 2. The molecule has 0 aliphatic carbocycles. The largest absolute Gasteiger partial charge is 0.459 e. The van der Waals surface area contributed by atoms with E-state index < -0.39 is 17.9 Å². The third-order valence-electron chi connectivity index (χ3n) is 4.02. The predicted molar refractivity (Wildman–Crippen MR) is 107 cm³/mol. The van der Waals surface area contributed by atoms with E-state index in [1.165, 1.54) is 13.8 Å². The molecule has 2 N–H and O–H groups in total. The highest BCUT2D eigenvalue weighted by Crippen LogP contribution is 2.43. The van der Waals surface area contributed by atoms with Crippen LogP contribution < -0.4 is 5.73 Å². The summed E-state index contributed by atoms with van der Waals surface area (Å²) >= 11 is 12.4. The number of hydrogen-bond acceptors (Lipinski definition) is 7. The molecule has 0 aromatic heterocycles. The van der Waals surface area contributed by atoms with Crippen LogP contribution in [-0.2, 0) is 23.8 Å². The number of rotatable bonds is 6. The summed E-state index contributed by atoms with van der Waals surface area (Å²) in [5, 5.41) is 10.0. The van der Waals surface area contributed by atoms with E-state index in [1.807, 2.05) is 6.07 Å². The fourth-order valence-corrected chi connectivity index (χ4v) is 3.09. The zero-order chi connectivity index (χ0) is 21.7. The van der Waals surface area contributed by atoms with E-state index in [0.717, 1.165) is 0 Å². The number of allylic oxidation sites excluding steroid dienone is 2. The number of esters is 2. The van der Waals surface area contributed by atoms with Gasteiger partial charge in [0.1, 0.15) is 30.6 Å². The standard InChI is InChI=1S/C20H18Cl2N2O5/c1-10(2)19(25)27-7-8-28-20(26)15-11(3)29-18(24)13(9-23)16(15)12-5-4-6-14(21)17(12)22/h4-6,16H,1,7-8,24H2,2-3H3/t16-/m0/s1. The van der Waals surface area contributed by atoms with Gasteiger partial charge in [-0.2, -0.15) is 5.26 Å². The summed E-state index contributed by atoms with van der Waals surface area (Å²) in [4.78, 5) is 24.2. The van der Waals surface area contributed by atoms with E-state index in [9.17, 15) is 14.9 Å². The molecule has 1 heterocycles. The number of nitrogens with two attached hydrogens (primary N) is 1. The third kappa shape index (κ3) is 4.91. The lowest BCUT2D eigenvalue weighted by atomic mass is 9.83. The van der Waals surface area contributed by atoms with Crippen molar-refractivity contribution in [3.05, 3.63) is 68.7 Å².